The lowest BCUT2D eigenvalue weighted by atomic mass is 10.1. The molecule has 0 unspecified atom stereocenters. The number of benzene rings is 4. The van der Waals surface area contributed by atoms with Crippen LogP contribution in [0.3, 0.4) is 0 Å². The lowest BCUT2D eigenvalue weighted by Crippen LogP contribution is -2.25. The van der Waals surface area contributed by atoms with Gasteiger partial charge in [0.15, 0.2) is 11.6 Å². The van der Waals surface area contributed by atoms with E-state index in [4.69, 9.17) is 0 Å². The molecule has 0 fully saturated rings. The number of fused-ring (bicyclic) bond motifs is 1. The van der Waals surface area contributed by atoms with Crippen molar-refractivity contribution < 1.29 is 8.42 Å². The summed E-state index contributed by atoms with van der Waals surface area (Å²) in [5.74, 6) is 0.813. The minimum atomic E-state index is -3.90. The highest BCUT2D eigenvalue weighted by atomic mass is 32.2. The Morgan fingerprint density at radius 3 is 1.71 bits per heavy atom. The van der Waals surface area contributed by atoms with E-state index in [2.05, 4.69) is 15.0 Å². The van der Waals surface area contributed by atoms with E-state index >= 15 is 0 Å². The van der Waals surface area contributed by atoms with Gasteiger partial charge in [-0.1, -0.05) is 91.0 Å². The zero-order chi connectivity index (χ0) is 21.3. The van der Waals surface area contributed by atoms with Crippen molar-refractivity contribution >= 4 is 20.8 Å². The molecule has 152 valence electrons. The minimum Gasteiger partial charge on any atom is -0.213 e. The third-order valence-corrected chi connectivity index (χ3v) is 6.27. The molecule has 0 aliphatic rings. The van der Waals surface area contributed by atoms with E-state index in [-0.39, 0.29) is 4.90 Å². The summed E-state index contributed by atoms with van der Waals surface area (Å²) >= 11 is 0. The summed E-state index contributed by atoms with van der Waals surface area (Å²) in [6.45, 7) is 0. The highest BCUT2D eigenvalue weighted by molar-refractivity contribution is 7.92. The zero-order valence-electron chi connectivity index (χ0n) is 16.4. The van der Waals surface area contributed by atoms with Crippen LogP contribution in [0.25, 0.3) is 33.5 Å². The van der Waals surface area contributed by atoms with Gasteiger partial charge < -0.3 is 0 Å². The molecule has 6 nitrogen and oxygen atoms in total. The third kappa shape index (κ3) is 3.67. The van der Waals surface area contributed by atoms with Crippen molar-refractivity contribution in [1.82, 2.24) is 14.9 Å². The van der Waals surface area contributed by atoms with Crippen LogP contribution in [0.15, 0.2) is 108 Å². The maximum Gasteiger partial charge on any atom is 0.275 e. The molecule has 31 heavy (non-hydrogen) atoms. The van der Waals surface area contributed by atoms with Crippen LogP contribution in [-0.4, -0.2) is 23.3 Å². The van der Waals surface area contributed by atoms with E-state index in [9.17, 15) is 8.42 Å². The molecule has 0 atom stereocenters. The molecule has 0 aliphatic heterocycles. The molecule has 7 heteroatoms. The van der Waals surface area contributed by atoms with Crippen molar-refractivity contribution in [3.05, 3.63) is 103 Å². The van der Waals surface area contributed by atoms with E-state index in [1.807, 2.05) is 84.9 Å². The van der Waals surface area contributed by atoms with Crippen molar-refractivity contribution in [1.29, 1.82) is 0 Å². The largest absolute Gasteiger partial charge is 0.275 e. The summed E-state index contributed by atoms with van der Waals surface area (Å²) in [7, 11) is -3.90. The van der Waals surface area contributed by atoms with E-state index in [1.165, 1.54) is 4.68 Å². The van der Waals surface area contributed by atoms with Gasteiger partial charge >= 0.3 is 0 Å². The number of sulfonamides is 1. The van der Waals surface area contributed by atoms with Gasteiger partial charge in [-0.2, -0.15) is 8.42 Å². The molecule has 0 saturated carbocycles. The highest BCUT2D eigenvalue weighted by Crippen LogP contribution is 2.25. The second kappa shape index (κ2) is 7.70. The Hall–Kier alpha value is -3.97. The first-order valence-corrected chi connectivity index (χ1v) is 11.2. The summed E-state index contributed by atoms with van der Waals surface area (Å²) in [6, 6.07) is 31.4. The van der Waals surface area contributed by atoms with Gasteiger partial charge in [-0.05, 0) is 22.9 Å². The molecule has 1 heterocycles. The van der Waals surface area contributed by atoms with Crippen LogP contribution < -0.4 is 4.83 Å². The molecule has 0 radical (unpaired) electrons. The summed E-state index contributed by atoms with van der Waals surface area (Å²) in [5, 5.41) is 10.4. The average molecular weight is 427 g/mol. The lowest BCUT2D eigenvalue weighted by molar-refractivity contribution is 0.595. The van der Waals surface area contributed by atoms with Gasteiger partial charge in [0.1, 0.15) is 0 Å². The van der Waals surface area contributed by atoms with Gasteiger partial charge in [0.05, 0.1) is 4.90 Å². The molecule has 5 rings (SSSR count). The molecule has 0 saturated heterocycles. The first-order valence-electron chi connectivity index (χ1n) is 9.70. The van der Waals surface area contributed by atoms with Gasteiger partial charge in [-0.25, -0.2) is 9.51 Å². The normalized spacial score (nSPS) is 11.5. The Labute approximate surface area is 179 Å². The summed E-state index contributed by atoms with van der Waals surface area (Å²) in [5.41, 5.74) is 1.50. The monoisotopic (exact) mass is 426 g/mol. The number of hydrogen-bond acceptors (Lipinski definition) is 4. The van der Waals surface area contributed by atoms with Gasteiger partial charge in [-0.3, -0.25) is 0 Å². The van der Waals surface area contributed by atoms with Crippen LogP contribution >= 0.6 is 0 Å². The van der Waals surface area contributed by atoms with Gasteiger partial charge in [0, 0.05) is 11.1 Å². The van der Waals surface area contributed by atoms with Crippen LogP contribution in [0.4, 0.5) is 0 Å². The van der Waals surface area contributed by atoms with Crippen molar-refractivity contribution in [3.8, 4) is 22.8 Å². The van der Waals surface area contributed by atoms with E-state index < -0.39 is 10.0 Å². The molecule has 0 amide bonds. The lowest BCUT2D eigenvalue weighted by Gasteiger charge is -2.14. The molecular formula is C24H18N4O2S. The fraction of sp³-hybridized carbons (Fsp3) is 0. The van der Waals surface area contributed by atoms with Gasteiger partial charge in [0.2, 0.25) is 0 Å². The Kier molecular flexibility index (Phi) is 4.72. The fourth-order valence-electron chi connectivity index (χ4n) is 3.43. The maximum atomic E-state index is 13.3. The molecule has 0 spiro atoms. The van der Waals surface area contributed by atoms with Crippen LogP contribution in [-0.2, 0) is 10.0 Å². The van der Waals surface area contributed by atoms with Crippen LogP contribution in [0.2, 0.25) is 0 Å². The van der Waals surface area contributed by atoms with E-state index in [0.717, 1.165) is 21.9 Å². The predicted octanol–water partition coefficient (Wildman–Crippen LogP) is 4.70. The topological polar surface area (TPSA) is 76.9 Å². The number of rotatable bonds is 5. The van der Waals surface area contributed by atoms with Crippen molar-refractivity contribution in [2.24, 2.45) is 0 Å². The first kappa shape index (κ1) is 19.0. The maximum absolute atomic E-state index is 13.3. The Morgan fingerprint density at radius 1 is 0.613 bits per heavy atom. The molecule has 1 N–H and O–H groups in total. The van der Waals surface area contributed by atoms with Crippen molar-refractivity contribution in [2.45, 2.75) is 4.90 Å². The number of aromatic nitrogens is 3. The van der Waals surface area contributed by atoms with E-state index in [1.54, 1.807) is 18.2 Å². The first-order chi connectivity index (χ1) is 15.1. The quantitative estimate of drug-likeness (QED) is 0.442. The standard InChI is InChI=1S/C24H18N4O2S/c29-31(30,22-16-15-18-9-7-8-14-21(18)17-22)27-28-23(19-10-3-1-4-11-19)25-26-24(28)20-12-5-2-6-13-20/h1-17,27H. The van der Waals surface area contributed by atoms with Crippen LogP contribution in [0, 0.1) is 0 Å². The summed E-state index contributed by atoms with van der Waals surface area (Å²) in [6.07, 6.45) is 0. The SMILES string of the molecule is O=S(=O)(Nn1c(-c2ccccc2)nnc1-c1ccccc1)c1ccc2ccccc2c1. The Morgan fingerprint density at radius 2 is 1.13 bits per heavy atom. The van der Waals surface area contributed by atoms with Crippen LogP contribution in [0.5, 0.6) is 0 Å². The molecular weight excluding hydrogens is 408 g/mol. The predicted molar refractivity (Wildman–Crippen MR) is 121 cm³/mol. The van der Waals surface area contributed by atoms with Crippen LogP contribution in [0.1, 0.15) is 0 Å². The number of hydrogen-bond donors (Lipinski definition) is 1. The van der Waals surface area contributed by atoms with Gasteiger partial charge in [-0.15, -0.1) is 10.2 Å². The fourth-order valence-corrected chi connectivity index (χ4v) is 4.47. The molecule has 0 bridgehead atoms. The molecule has 5 aromatic rings. The van der Waals surface area contributed by atoms with E-state index in [0.29, 0.717) is 11.6 Å². The Balaban J connectivity index is 1.63. The average Bonchev–Trinajstić information content (AvgIpc) is 3.22. The smallest absolute Gasteiger partial charge is 0.213 e. The second-order valence-corrected chi connectivity index (χ2v) is 8.68. The molecule has 4 aromatic carbocycles. The third-order valence-electron chi connectivity index (χ3n) is 4.97. The summed E-state index contributed by atoms with van der Waals surface area (Å²) in [4.78, 5) is 2.84. The molecule has 1 aromatic heterocycles. The van der Waals surface area contributed by atoms with Crippen molar-refractivity contribution in [2.75, 3.05) is 4.83 Å². The second-order valence-electron chi connectivity index (χ2n) is 7.02. The van der Waals surface area contributed by atoms with Crippen molar-refractivity contribution in [3.63, 3.8) is 0 Å². The minimum absolute atomic E-state index is 0.165. The number of nitrogens with zero attached hydrogens (tertiary/aromatic N) is 3. The summed E-state index contributed by atoms with van der Waals surface area (Å²) < 4.78 is 28.1. The number of nitrogens with one attached hydrogen (secondary N) is 1. The van der Waals surface area contributed by atoms with Gasteiger partial charge in [0.25, 0.3) is 10.0 Å². The zero-order valence-corrected chi connectivity index (χ0v) is 17.2. The Bertz CT molecular complexity index is 1410. The highest BCUT2D eigenvalue weighted by Gasteiger charge is 2.22. The molecule has 0 aliphatic carbocycles.